The summed E-state index contributed by atoms with van der Waals surface area (Å²) in [5.74, 6) is 0.188. The van der Waals surface area contributed by atoms with E-state index in [0.717, 1.165) is 5.56 Å². The van der Waals surface area contributed by atoms with Crippen molar-refractivity contribution >= 4 is 5.91 Å². The maximum atomic E-state index is 11.0. The number of nitrogens with two attached hydrogens (primary N) is 1. The molecule has 1 aromatic heterocycles. The second kappa shape index (κ2) is 8.31. The largest absolute Gasteiger partial charge is 0.457 e. The van der Waals surface area contributed by atoms with Gasteiger partial charge in [-0.3, -0.25) is 4.79 Å². The van der Waals surface area contributed by atoms with E-state index in [1.807, 2.05) is 6.07 Å². The molecule has 0 saturated carbocycles. The van der Waals surface area contributed by atoms with Crippen LogP contribution in [0, 0.1) is 11.3 Å². The molecule has 0 bridgehead atoms. The van der Waals surface area contributed by atoms with Gasteiger partial charge in [0.05, 0.1) is 23.0 Å². The third kappa shape index (κ3) is 4.32. The molecule has 2 aromatic carbocycles. The number of ether oxygens (including phenoxy) is 1. The monoisotopic (exact) mass is 375 g/mol. The Morgan fingerprint density at radius 2 is 1.61 bits per heavy atom. The molecule has 4 N–H and O–H groups in total. The molecule has 0 aliphatic carbocycles. The van der Waals surface area contributed by atoms with Gasteiger partial charge in [-0.1, -0.05) is 6.07 Å². The summed E-state index contributed by atoms with van der Waals surface area (Å²) in [5.41, 5.74) is 7.02. The zero-order chi connectivity index (χ0) is 20.1. The Hall–Kier alpha value is -3.73. The number of amides is 1. The van der Waals surface area contributed by atoms with Gasteiger partial charge >= 0.3 is 0 Å². The van der Waals surface area contributed by atoms with Crippen molar-refractivity contribution in [2.45, 2.75) is 12.2 Å². The zero-order valence-corrected chi connectivity index (χ0v) is 14.7. The summed E-state index contributed by atoms with van der Waals surface area (Å²) in [6.07, 6.45) is -3.23. The van der Waals surface area contributed by atoms with Gasteiger partial charge in [-0.05, 0) is 60.7 Å². The van der Waals surface area contributed by atoms with Gasteiger partial charge in [-0.15, -0.1) is 0 Å². The maximum Gasteiger partial charge on any atom is 0.249 e. The van der Waals surface area contributed by atoms with Crippen LogP contribution in [0.15, 0.2) is 66.7 Å². The zero-order valence-electron chi connectivity index (χ0n) is 14.7. The lowest BCUT2D eigenvalue weighted by Crippen LogP contribution is -2.34. The number of aliphatic hydroxyl groups is 2. The van der Waals surface area contributed by atoms with Gasteiger partial charge in [0.15, 0.2) is 6.10 Å². The highest BCUT2D eigenvalue weighted by Crippen LogP contribution is 2.26. The smallest absolute Gasteiger partial charge is 0.249 e. The van der Waals surface area contributed by atoms with E-state index in [-0.39, 0.29) is 5.69 Å². The van der Waals surface area contributed by atoms with Crippen molar-refractivity contribution in [2.24, 2.45) is 5.73 Å². The molecule has 0 unspecified atom stereocenters. The predicted molar refractivity (Wildman–Crippen MR) is 101 cm³/mol. The standard InChI is InChI=1S/C21H17N3O4/c22-12-13-4-8-15(9-5-13)28-16-10-6-14(7-11-16)17-2-1-3-18(24-17)19(25)20(26)21(23)27/h1-11,19-20,25-26H,(H2,23,27)/t19-,20+/m1/s1. The highest BCUT2D eigenvalue weighted by Gasteiger charge is 2.24. The van der Waals surface area contributed by atoms with E-state index in [9.17, 15) is 15.0 Å². The number of nitriles is 1. The van der Waals surface area contributed by atoms with Crippen molar-refractivity contribution in [3.8, 4) is 28.8 Å². The molecule has 7 nitrogen and oxygen atoms in total. The Kier molecular flexibility index (Phi) is 5.65. The van der Waals surface area contributed by atoms with Gasteiger partial charge in [0.1, 0.15) is 17.6 Å². The number of carbonyl (C=O) groups is 1. The number of benzene rings is 2. The number of carbonyl (C=O) groups excluding carboxylic acids is 1. The lowest BCUT2D eigenvalue weighted by atomic mass is 10.1. The first-order valence-electron chi connectivity index (χ1n) is 8.39. The molecular weight excluding hydrogens is 358 g/mol. The number of rotatable bonds is 6. The van der Waals surface area contributed by atoms with E-state index < -0.39 is 18.1 Å². The fraction of sp³-hybridized carbons (Fsp3) is 0.0952. The second-order valence-corrected chi connectivity index (χ2v) is 6.00. The summed E-state index contributed by atoms with van der Waals surface area (Å²) in [4.78, 5) is 15.3. The maximum absolute atomic E-state index is 11.0. The van der Waals surface area contributed by atoms with Crippen LogP contribution in [0.2, 0.25) is 0 Å². The Bertz CT molecular complexity index is 1010. The fourth-order valence-electron chi connectivity index (χ4n) is 2.52. The molecule has 28 heavy (non-hydrogen) atoms. The van der Waals surface area contributed by atoms with Crippen LogP contribution >= 0.6 is 0 Å². The minimum atomic E-state index is -1.73. The van der Waals surface area contributed by atoms with Crippen LogP contribution in [0.5, 0.6) is 11.5 Å². The first kappa shape index (κ1) is 19.0. The second-order valence-electron chi connectivity index (χ2n) is 6.00. The summed E-state index contributed by atoms with van der Waals surface area (Å²) in [5, 5.41) is 28.5. The molecule has 140 valence electrons. The number of primary amides is 1. The van der Waals surface area contributed by atoms with Gasteiger partial charge in [0, 0.05) is 5.56 Å². The van der Waals surface area contributed by atoms with Crippen molar-refractivity contribution < 1.29 is 19.7 Å². The van der Waals surface area contributed by atoms with Crippen molar-refractivity contribution in [1.82, 2.24) is 4.98 Å². The molecule has 2 atom stereocenters. The number of aliphatic hydroxyl groups excluding tert-OH is 2. The predicted octanol–water partition coefficient (Wildman–Crippen LogP) is 2.29. The molecule has 3 aromatic rings. The van der Waals surface area contributed by atoms with Crippen LogP contribution in [0.3, 0.4) is 0 Å². The van der Waals surface area contributed by atoms with Crippen molar-refractivity contribution in [1.29, 1.82) is 5.26 Å². The lowest BCUT2D eigenvalue weighted by molar-refractivity contribution is -0.132. The number of hydrogen-bond donors (Lipinski definition) is 3. The summed E-state index contributed by atoms with van der Waals surface area (Å²) >= 11 is 0. The average Bonchev–Trinajstić information content (AvgIpc) is 2.73. The van der Waals surface area contributed by atoms with Gasteiger partial charge in [-0.2, -0.15) is 5.26 Å². The number of hydrogen-bond acceptors (Lipinski definition) is 6. The highest BCUT2D eigenvalue weighted by atomic mass is 16.5. The Labute approximate surface area is 161 Å². The topological polar surface area (TPSA) is 129 Å². The van der Waals surface area contributed by atoms with E-state index >= 15 is 0 Å². The van der Waals surface area contributed by atoms with E-state index in [1.165, 1.54) is 6.07 Å². The van der Waals surface area contributed by atoms with Crippen LogP contribution in [0.4, 0.5) is 0 Å². The minimum absolute atomic E-state index is 0.140. The van der Waals surface area contributed by atoms with Crippen LogP contribution in [-0.4, -0.2) is 27.2 Å². The normalized spacial score (nSPS) is 12.6. The van der Waals surface area contributed by atoms with Crippen LogP contribution in [-0.2, 0) is 4.79 Å². The molecule has 7 heteroatoms. The summed E-state index contributed by atoms with van der Waals surface area (Å²) in [6, 6.07) is 20.8. The fourth-order valence-corrected chi connectivity index (χ4v) is 2.52. The highest BCUT2D eigenvalue weighted by molar-refractivity contribution is 5.79. The van der Waals surface area contributed by atoms with Gasteiger partial charge < -0.3 is 20.7 Å². The van der Waals surface area contributed by atoms with E-state index in [2.05, 4.69) is 4.98 Å². The molecule has 0 fully saturated rings. The quantitative estimate of drug-likeness (QED) is 0.606. The molecule has 3 rings (SSSR count). The Morgan fingerprint density at radius 3 is 2.18 bits per heavy atom. The van der Waals surface area contributed by atoms with E-state index in [4.69, 9.17) is 15.7 Å². The van der Waals surface area contributed by atoms with Gasteiger partial charge in [-0.25, -0.2) is 4.98 Å². The van der Waals surface area contributed by atoms with Crippen molar-refractivity contribution in [3.05, 3.63) is 78.0 Å². The molecule has 0 aliphatic rings. The third-order valence-electron chi connectivity index (χ3n) is 4.03. The van der Waals surface area contributed by atoms with E-state index in [1.54, 1.807) is 60.7 Å². The Morgan fingerprint density at radius 1 is 1.00 bits per heavy atom. The van der Waals surface area contributed by atoms with Crippen molar-refractivity contribution in [3.63, 3.8) is 0 Å². The van der Waals surface area contributed by atoms with Gasteiger partial charge in [0.2, 0.25) is 5.91 Å². The summed E-state index contributed by atoms with van der Waals surface area (Å²) in [6.45, 7) is 0. The number of aromatic nitrogens is 1. The van der Waals surface area contributed by atoms with Gasteiger partial charge in [0.25, 0.3) is 0 Å². The number of pyridine rings is 1. The first-order chi connectivity index (χ1) is 13.5. The van der Waals surface area contributed by atoms with Crippen LogP contribution in [0.1, 0.15) is 17.4 Å². The average molecular weight is 375 g/mol. The summed E-state index contributed by atoms with van der Waals surface area (Å²) in [7, 11) is 0. The van der Waals surface area contributed by atoms with Crippen LogP contribution in [0.25, 0.3) is 11.3 Å². The third-order valence-corrected chi connectivity index (χ3v) is 4.03. The number of nitrogens with zero attached hydrogens (tertiary/aromatic N) is 2. The molecule has 1 amide bonds. The minimum Gasteiger partial charge on any atom is -0.457 e. The molecule has 0 radical (unpaired) electrons. The van der Waals surface area contributed by atoms with Crippen LogP contribution < -0.4 is 10.5 Å². The lowest BCUT2D eigenvalue weighted by Gasteiger charge is -2.15. The molecule has 0 aliphatic heterocycles. The SMILES string of the molecule is N#Cc1ccc(Oc2ccc(-c3cccc([C@@H](O)[C@H](O)C(N)=O)n3)cc2)cc1. The van der Waals surface area contributed by atoms with E-state index in [0.29, 0.717) is 22.8 Å². The molecule has 1 heterocycles. The summed E-state index contributed by atoms with van der Waals surface area (Å²) < 4.78 is 5.73. The molecule has 0 saturated heterocycles. The van der Waals surface area contributed by atoms with Crippen molar-refractivity contribution in [2.75, 3.05) is 0 Å². The molecular formula is C21H17N3O4. The Balaban J connectivity index is 1.77. The molecule has 0 spiro atoms. The first-order valence-corrected chi connectivity index (χ1v) is 8.39.